The zero-order chi connectivity index (χ0) is 11.3. The summed E-state index contributed by atoms with van der Waals surface area (Å²) in [5.41, 5.74) is 0.880. The summed E-state index contributed by atoms with van der Waals surface area (Å²) in [5, 5.41) is 0. The molecule has 0 fully saturated rings. The van der Waals surface area contributed by atoms with Crippen LogP contribution in [0.4, 0.5) is 0 Å². The molecule has 0 radical (unpaired) electrons. The Kier molecular flexibility index (Phi) is 4.89. The normalized spacial score (nSPS) is 10.7. The van der Waals surface area contributed by atoms with E-state index < -0.39 is 0 Å². The summed E-state index contributed by atoms with van der Waals surface area (Å²) in [4.78, 5) is 13.0. The van der Waals surface area contributed by atoms with Crippen LogP contribution in [0, 0.1) is 5.92 Å². The lowest BCUT2D eigenvalue weighted by molar-refractivity contribution is 0.0972. The summed E-state index contributed by atoms with van der Waals surface area (Å²) >= 11 is 1.64. The Bertz CT molecular complexity index is 331. The second kappa shape index (κ2) is 5.96. The first-order valence-electron chi connectivity index (χ1n) is 5.31. The number of benzene rings is 1. The Labute approximate surface area is 96.3 Å². The molecule has 1 rings (SSSR count). The highest BCUT2D eigenvalue weighted by atomic mass is 32.2. The molecule has 0 aromatic heterocycles. The lowest BCUT2D eigenvalue weighted by Gasteiger charge is -2.07. The van der Waals surface area contributed by atoms with E-state index in [1.54, 1.807) is 11.8 Å². The third kappa shape index (κ3) is 3.71. The highest BCUT2D eigenvalue weighted by Crippen LogP contribution is 2.22. The largest absolute Gasteiger partial charge is 0.294 e. The van der Waals surface area contributed by atoms with Gasteiger partial charge in [0, 0.05) is 16.9 Å². The van der Waals surface area contributed by atoms with Crippen molar-refractivity contribution >= 4 is 17.5 Å². The van der Waals surface area contributed by atoms with E-state index in [9.17, 15) is 4.79 Å². The summed E-state index contributed by atoms with van der Waals surface area (Å²) in [6, 6.07) is 7.84. The summed E-state index contributed by atoms with van der Waals surface area (Å²) in [6.07, 6.45) is 3.64. The number of hydrogen-bond donors (Lipinski definition) is 0. The number of carbonyl (C=O) groups excluding carboxylic acids is 1. The van der Waals surface area contributed by atoms with Crippen LogP contribution in [0.3, 0.4) is 0 Å². The molecule has 1 aromatic carbocycles. The fraction of sp³-hybridized carbons (Fsp3) is 0.462. The van der Waals surface area contributed by atoms with Crippen molar-refractivity contribution < 1.29 is 4.79 Å². The number of thioether (sulfide) groups is 1. The van der Waals surface area contributed by atoms with Crippen LogP contribution in [0.15, 0.2) is 29.2 Å². The molecule has 0 unspecified atom stereocenters. The van der Waals surface area contributed by atoms with Gasteiger partial charge in [-0.15, -0.1) is 11.8 Å². The molecule has 0 bridgehead atoms. The fourth-order valence-electron chi connectivity index (χ4n) is 1.43. The minimum absolute atomic E-state index is 0.272. The predicted molar refractivity (Wildman–Crippen MR) is 66.6 cm³/mol. The van der Waals surface area contributed by atoms with E-state index in [1.807, 2.05) is 30.5 Å². The SMILES string of the molecule is CSc1ccccc1C(=O)CCC(C)C. The van der Waals surface area contributed by atoms with Crippen molar-refractivity contribution in [3.8, 4) is 0 Å². The van der Waals surface area contributed by atoms with E-state index in [0.717, 1.165) is 16.9 Å². The lowest BCUT2D eigenvalue weighted by atomic mass is 10.0. The topological polar surface area (TPSA) is 17.1 Å². The van der Waals surface area contributed by atoms with Gasteiger partial charge in [0.15, 0.2) is 5.78 Å². The molecule has 0 N–H and O–H groups in total. The van der Waals surface area contributed by atoms with Crippen molar-refractivity contribution in [3.63, 3.8) is 0 Å². The van der Waals surface area contributed by atoms with Gasteiger partial charge in [0.1, 0.15) is 0 Å². The van der Waals surface area contributed by atoms with Crippen LogP contribution < -0.4 is 0 Å². The van der Waals surface area contributed by atoms with Gasteiger partial charge in [-0.2, -0.15) is 0 Å². The molecule has 82 valence electrons. The van der Waals surface area contributed by atoms with Crippen molar-refractivity contribution in [2.75, 3.05) is 6.26 Å². The van der Waals surface area contributed by atoms with E-state index >= 15 is 0 Å². The molecule has 2 heteroatoms. The van der Waals surface area contributed by atoms with Crippen LogP contribution in [-0.4, -0.2) is 12.0 Å². The molecule has 0 heterocycles. The molecule has 0 aliphatic rings. The first-order chi connectivity index (χ1) is 7.15. The number of Topliss-reactive ketones (excluding diaryl/α,β-unsaturated/α-hetero) is 1. The lowest BCUT2D eigenvalue weighted by Crippen LogP contribution is -2.02. The summed E-state index contributed by atoms with van der Waals surface area (Å²) in [6.45, 7) is 4.29. The third-order valence-electron chi connectivity index (χ3n) is 2.36. The monoisotopic (exact) mass is 222 g/mol. The maximum absolute atomic E-state index is 11.9. The first-order valence-corrected chi connectivity index (χ1v) is 6.54. The Morgan fingerprint density at radius 1 is 1.33 bits per heavy atom. The van der Waals surface area contributed by atoms with Crippen LogP contribution in [0.1, 0.15) is 37.0 Å². The van der Waals surface area contributed by atoms with Gasteiger partial charge in [0.2, 0.25) is 0 Å². The quantitative estimate of drug-likeness (QED) is 0.552. The van der Waals surface area contributed by atoms with E-state index in [1.165, 1.54) is 0 Å². The smallest absolute Gasteiger partial charge is 0.164 e. The summed E-state index contributed by atoms with van der Waals surface area (Å²) in [5.74, 6) is 0.865. The summed E-state index contributed by atoms with van der Waals surface area (Å²) < 4.78 is 0. The first kappa shape index (κ1) is 12.3. The zero-order valence-corrected chi connectivity index (χ0v) is 10.4. The van der Waals surface area contributed by atoms with E-state index in [4.69, 9.17) is 0 Å². The molecule has 0 aliphatic heterocycles. The number of rotatable bonds is 5. The van der Waals surface area contributed by atoms with Crippen LogP contribution in [-0.2, 0) is 0 Å². The molecular weight excluding hydrogens is 204 g/mol. The number of hydrogen-bond acceptors (Lipinski definition) is 2. The molecule has 0 saturated heterocycles. The van der Waals surface area contributed by atoms with Gasteiger partial charge in [0.25, 0.3) is 0 Å². The van der Waals surface area contributed by atoms with E-state index in [2.05, 4.69) is 13.8 Å². The van der Waals surface area contributed by atoms with E-state index in [-0.39, 0.29) is 5.78 Å². The molecule has 0 atom stereocenters. The molecule has 0 aliphatic carbocycles. The van der Waals surface area contributed by atoms with Gasteiger partial charge in [0.05, 0.1) is 0 Å². The van der Waals surface area contributed by atoms with Crippen molar-refractivity contribution in [2.24, 2.45) is 5.92 Å². The van der Waals surface area contributed by atoms with Crippen LogP contribution in [0.2, 0.25) is 0 Å². The fourth-order valence-corrected chi connectivity index (χ4v) is 2.05. The minimum Gasteiger partial charge on any atom is -0.294 e. The Morgan fingerprint density at radius 2 is 2.00 bits per heavy atom. The van der Waals surface area contributed by atoms with Crippen LogP contribution in [0.25, 0.3) is 0 Å². The molecule has 0 spiro atoms. The van der Waals surface area contributed by atoms with Gasteiger partial charge in [-0.1, -0.05) is 32.0 Å². The van der Waals surface area contributed by atoms with Gasteiger partial charge >= 0.3 is 0 Å². The standard InChI is InChI=1S/C13H18OS/c1-10(2)8-9-12(14)11-6-4-5-7-13(11)15-3/h4-7,10H,8-9H2,1-3H3. The molecule has 0 amide bonds. The van der Waals surface area contributed by atoms with Crippen LogP contribution >= 0.6 is 11.8 Å². The van der Waals surface area contributed by atoms with E-state index in [0.29, 0.717) is 12.3 Å². The van der Waals surface area contributed by atoms with Gasteiger partial charge in [-0.05, 0) is 24.7 Å². The minimum atomic E-state index is 0.272. The molecule has 15 heavy (non-hydrogen) atoms. The average Bonchev–Trinajstić information content (AvgIpc) is 2.25. The molecule has 1 nitrogen and oxygen atoms in total. The van der Waals surface area contributed by atoms with Crippen molar-refractivity contribution in [1.29, 1.82) is 0 Å². The van der Waals surface area contributed by atoms with Crippen molar-refractivity contribution in [2.45, 2.75) is 31.6 Å². The second-order valence-corrected chi connectivity index (χ2v) is 4.90. The van der Waals surface area contributed by atoms with Gasteiger partial charge < -0.3 is 0 Å². The van der Waals surface area contributed by atoms with Crippen molar-refractivity contribution in [3.05, 3.63) is 29.8 Å². The Hall–Kier alpha value is -0.760. The highest BCUT2D eigenvalue weighted by molar-refractivity contribution is 7.98. The summed E-state index contributed by atoms with van der Waals surface area (Å²) in [7, 11) is 0. The van der Waals surface area contributed by atoms with Crippen LogP contribution in [0.5, 0.6) is 0 Å². The maximum atomic E-state index is 11.9. The Balaban J connectivity index is 2.72. The molecule has 0 saturated carbocycles. The predicted octanol–water partition coefficient (Wildman–Crippen LogP) is 4.03. The molecule has 1 aromatic rings. The van der Waals surface area contributed by atoms with Gasteiger partial charge in [-0.25, -0.2) is 0 Å². The third-order valence-corrected chi connectivity index (χ3v) is 3.15. The van der Waals surface area contributed by atoms with Crippen molar-refractivity contribution in [1.82, 2.24) is 0 Å². The Morgan fingerprint density at radius 3 is 2.60 bits per heavy atom. The average molecular weight is 222 g/mol. The molecular formula is C13H18OS. The number of carbonyl (C=O) groups is 1. The number of ketones is 1. The van der Waals surface area contributed by atoms with Gasteiger partial charge in [-0.3, -0.25) is 4.79 Å². The highest BCUT2D eigenvalue weighted by Gasteiger charge is 2.10. The second-order valence-electron chi connectivity index (χ2n) is 4.06. The zero-order valence-electron chi connectivity index (χ0n) is 9.62. The maximum Gasteiger partial charge on any atom is 0.164 e.